The van der Waals surface area contributed by atoms with E-state index in [-0.39, 0.29) is 17.7 Å². The van der Waals surface area contributed by atoms with Crippen molar-refractivity contribution in [3.63, 3.8) is 0 Å². The summed E-state index contributed by atoms with van der Waals surface area (Å²) < 4.78 is 5.68. The largest absolute Gasteiger partial charge is 0.492 e. The van der Waals surface area contributed by atoms with Gasteiger partial charge in [-0.2, -0.15) is 0 Å². The van der Waals surface area contributed by atoms with Gasteiger partial charge in [0.2, 0.25) is 5.91 Å². The van der Waals surface area contributed by atoms with E-state index >= 15 is 0 Å². The van der Waals surface area contributed by atoms with Crippen LogP contribution in [-0.2, 0) is 11.2 Å². The lowest BCUT2D eigenvalue weighted by atomic mass is 9.96. The first-order valence-electron chi connectivity index (χ1n) is 8.71. The number of ether oxygens (including phenoxy) is 1. The zero-order valence-corrected chi connectivity index (χ0v) is 14.9. The van der Waals surface area contributed by atoms with Crippen molar-refractivity contribution >= 4 is 29.1 Å². The molecule has 2 amide bonds. The van der Waals surface area contributed by atoms with Gasteiger partial charge in [-0.05, 0) is 61.2 Å². The molecule has 6 heteroatoms. The third-order valence-corrected chi connectivity index (χ3v) is 4.84. The molecule has 2 aromatic carbocycles. The van der Waals surface area contributed by atoms with Gasteiger partial charge < -0.3 is 15.4 Å². The number of hydrogen-bond acceptors (Lipinski definition) is 3. The van der Waals surface area contributed by atoms with Crippen molar-refractivity contribution in [1.29, 1.82) is 0 Å². The fourth-order valence-corrected chi connectivity index (χ4v) is 3.21. The third-order valence-electron chi connectivity index (χ3n) is 4.60. The Labute approximate surface area is 156 Å². The van der Waals surface area contributed by atoms with E-state index in [0.29, 0.717) is 35.3 Å². The minimum Gasteiger partial charge on any atom is -0.492 e. The van der Waals surface area contributed by atoms with Crippen LogP contribution >= 0.6 is 11.6 Å². The zero-order chi connectivity index (χ0) is 18.1. The van der Waals surface area contributed by atoms with Crippen LogP contribution in [0.4, 0.5) is 5.69 Å². The number of rotatable bonds is 4. The molecule has 2 N–H and O–H groups in total. The Balaban J connectivity index is 1.42. The third kappa shape index (κ3) is 3.83. The molecule has 0 bridgehead atoms. The molecule has 134 valence electrons. The number of halogens is 1. The first kappa shape index (κ1) is 16.9. The number of amides is 2. The summed E-state index contributed by atoms with van der Waals surface area (Å²) in [5.74, 6) is 0.241. The molecular weight excluding hydrogens is 352 g/mol. The summed E-state index contributed by atoms with van der Waals surface area (Å²) in [5.41, 5.74) is 2.09. The van der Waals surface area contributed by atoms with E-state index in [0.717, 1.165) is 24.2 Å². The predicted octanol–water partition coefficient (Wildman–Crippen LogP) is 3.42. The second-order valence-corrected chi connectivity index (χ2v) is 7.22. The lowest BCUT2D eigenvalue weighted by Crippen LogP contribution is -2.32. The van der Waals surface area contributed by atoms with Crippen LogP contribution in [0, 0.1) is 5.92 Å². The van der Waals surface area contributed by atoms with Crippen LogP contribution in [0.25, 0.3) is 0 Å². The minimum atomic E-state index is -0.301. The van der Waals surface area contributed by atoms with Crippen LogP contribution in [0.5, 0.6) is 5.75 Å². The predicted molar refractivity (Wildman–Crippen MR) is 99.7 cm³/mol. The van der Waals surface area contributed by atoms with Gasteiger partial charge in [0, 0.05) is 22.3 Å². The molecule has 0 aromatic heterocycles. The molecule has 0 spiro atoms. The maximum Gasteiger partial charge on any atom is 0.251 e. The summed E-state index contributed by atoms with van der Waals surface area (Å²) in [7, 11) is 0. The SMILES string of the molecule is O=C(NC1CC1)c1cccc(NC(=O)C2COc3ccc(Cl)cc3C2)c1. The van der Waals surface area contributed by atoms with Crippen LogP contribution in [-0.4, -0.2) is 24.5 Å². The summed E-state index contributed by atoms with van der Waals surface area (Å²) in [6.45, 7) is 0.322. The second kappa shape index (κ2) is 7.00. The van der Waals surface area contributed by atoms with Gasteiger partial charge in [-0.3, -0.25) is 9.59 Å². The van der Waals surface area contributed by atoms with Crippen LogP contribution in [0.3, 0.4) is 0 Å². The van der Waals surface area contributed by atoms with Crippen molar-refractivity contribution in [1.82, 2.24) is 5.32 Å². The molecule has 1 fully saturated rings. The van der Waals surface area contributed by atoms with Gasteiger partial charge in [-0.25, -0.2) is 0 Å². The molecule has 1 atom stereocenters. The van der Waals surface area contributed by atoms with Crippen molar-refractivity contribution in [2.24, 2.45) is 5.92 Å². The highest BCUT2D eigenvalue weighted by Crippen LogP contribution is 2.30. The standard InChI is InChI=1S/C20H19ClN2O3/c21-15-4-7-18-13(9-15)8-14(11-26-18)20(25)23-17-3-1-2-12(10-17)19(24)22-16-5-6-16/h1-4,7,9-10,14,16H,5-6,8,11H2,(H,22,24)(H,23,25). The van der Waals surface area contributed by atoms with E-state index in [4.69, 9.17) is 16.3 Å². The van der Waals surface area contributed by atoms with Crippen molar-refractivity contribution in [3.05, 3.63) is 58.6 Å². The van der Waals surface area contributed by atoms with Crippen LogP contribution in [0.2, 0.25) is 5.02 Å². The van der Waals surface area contributed by atoms with E-state index < -0.39 is 0 Å². The summed E-state index contributed by atoms with van der Waals surface area (Å²) in [4.78, 5) is 24.8. The Hall–Kier alpha value is -2.53. The molecule has 2 aromatic rings. The molecule has 26 heavy (non-hydrogen) atoms. The lowest BCUT2D eigenvalue weighted by molar-refractivity contribution is -0.121. The molecule has 4 rings (SSSR count). The van der Waals surface area contributed by atoms with Crippen molar-refractivity contribution in [2.75, 3.05) is 11.9 Å². The minimum absolute atomic E-state index is 0.104. The van der Waals surface area contributed by atoms with E-state index in [2.05, 4.69) is 10.6 Å². The molecular formula is C20H19ClN2O3. The van der Waals surface area contributed by atoms with Crippen LogP contribution in [0.1, 0.15) is 28.8 Å². The fourth-order valence-electron chi connectivity index (χ4n) is 3.01. The lowest BCUT2D eigenvalue weighted by Gasteiger charge is -2.24. The first-order chi connectivity index (χ1) is 12.6. The van der Waals surface area contributed by atoms with Crippen molar-refractivity contribution < 1.29 is 14.3 Å². The second-order valence-electron chi connectivity index (χ2n) is 6.78. The zero-order valence-electron chi connectivity index (χ0n) is 14.1. The fraction of sp³-hybridized carbons (Fsp3) is 0.300. The molecule has 2 aliphatic rings. The quantitative estimate of drug-likeness (QED) is 0.866. The molecule has 1 aliphatic heterocycles. The molecule has 0 radical (unpaired) electrons. The Morgan fingerprint density at radius 3 is 2.77 bits per heavy atom. The number of benzene rings is 2. The number of carbonyl (C=O) groups is 2. The van der Waals surface area contributed by atoms with E-state index in [9.17, 15) is 9.59 Å². The highest BCUT2D eigenvalue weighted by atomic mass is 35.5. The molecule has 1 aliphatic carbocycles. The number of anilines is 1. The molecule has 1 saturated carbocycles. The summed E-state index contributed by atoms with van der Waals surface area (Å²) >= 11 is 6.03. The smallest absolute Gasteiger partial charge is 0.251 e. The summed E-state index contributed by atoms with van der Waals surface area (Å²) in [6, 6.07) is 12.7. The summed E-state index contributed by atoms with van der Waals surface area (Å²) in [6.07, 6.45) is 2.65. The topological polar surface area (TPSA) is 67.4 Å². The number of nitrogens with one attached hydrogen (secondary N) is 2. The Kier molecular flexibility index (Phi) is 4.55. The van der Waals surface area contributed by atoms with E-state index in [1.807, 2.05) is 12.1 Å². The molecule has 0 saturated heterocycles. The first-order valence-corrected chi connectivity index (χ1v) is 9.09. The average Bonchev–Trinajstić information content (AvgIpc) is 3.45. The number of fused-ring (bicyclic) bond motifs is 1. The normalized spacial score (nSPS) is 18.4. The maximum absolute atomic E-state index is 12.6. The molecule has 5 nitrogen and oxygen atoms in total. The average molecular weight is 371 g/mol. The van der Waals surface area contributed by atoms with Gasteiger partial charge >= 0.3 is 0 Å². The maximum atomic E-state index is 12.6. The van der Waals surface area contributed by atoms with Gasteiger partial charge in [0.05, 0.1) is 5.92 Å². The summed E-state index contributed by atoms with van der Waals surface area (Å²) in [5, 5.41) is 6.46. The van der Waals surface area contributed by atoms with Gasteiger partial charge in [0.1, 0.15) is 12.4 Å². The van der Waals surface area contributed by atoms with E-state index in [1.54, 1.807) is 30.3 Å². The van der Waals surface area contributed by atoms with Crippen molar-refractivity contribution in [2.45, 2.75) is 25.3 Å². The van der Waals surface area contributed by atoms with Gasteiger partial charge in [-0.15, -0.1) is 0 Å². The monoisotopic (exact) mass is 370 g/mol. The Bertz CT molecular complexity index is 864. The highest BCUT2D eigenvalue weighted by Gasteiger charge is 2.27. The van der Waals surface area contributed by atoms with E-state index in [1.165, 1.54) is 0 Å². The van der Waals surface area contributed by atoms with Crippen LogP contribution in [0.15, 0.2) is 42.5 Å². The van der Waals surface area contributed by atoms with Crippen LogP contribution < -0.4 is 15.4 Å². The van der Waals surface area contributed by atoms with Crippen molar-refractivity contribution in [3.8, 4) is 5.75 Å². The molecule has 1 unspecified atom stereocenters. The Morgan fingerprint density at radius 2 is 1.96 bits per heavy atom. The number of carbonyl (C=O) groups excluding carboxylic acids is 2. The van der Waals surface area contributed by atoms with Gasteiger partial charge in [-0.1, -0.05) is 17.7 Å². The Morgan fingerprint density at radius 1 is 1.12 bits per heavy atom. The number of hydrogen-bond donors (Lipinski definition) is 2. The molecule has 1 heterocycles. The van der Waals surface area contributed by atoms with Gasteiger partial charge in [0.15, 0.2) is 0 Å². The van der Waals surface area contributed by atoms with Gasteiger partial charge in [0.25, 0.3) is 5.91 Å². The highest BCUT2D eigenvalue weighted by molar-refractivity contribution is 6.30.